The summed E-state index contributed by atoms with van der Waals surface area (Å²) >= 11 is 0. The Kier molecular flexibility index (Phi) is 3.32. The monoisotopic (exact) mass is 321 g/mol. The molecule has 23 heavy (non-hydrogen) atoms. The normalized spacial score (nSPS) is 11.8. The van der Waals surface area contributed by atoms with Crippen LogP contribution < -0.4 is 0 Å². The van der Waals surface area contributed by atoms with Gasteiger partial charge < -0.3 is 4.40 Å². The molecule has 0 saturated heterocycles. The average Bonchev–Trinajstić information content (AvgIpc) is 2.89. The lowest BCUT2D eigenvalue weighted by molar-refractivity contribution is -0.385. The molecular weight excluding hydrogens is 311 g/mol. The van der Waals surface area contributed by atoms with Crippen molar-refractivity contribution in [3.8, 4) is 11.3 Å². The Bertz CT molecular complexity index is 916. The zero-order chi connectivity index (χ0) is 16.8. The maximum atomic E-state index is 12.7. The summed E-state index contributed by atoms with van der Waals surface area (Å²) in [6, 6.07) is 6.80. The van der Waals surface area contributed by atoms with Crippen molar-refractivity contribution in [3.63, 3.8) is 0 Å². The van der Waals surface area contributed by atoms with Gasteiger partial charge in [-0.3, -0.25) is 10.1 Å². The fraction of sp³-hybridized carbons (Fsp3) is 0.133. The van der Waals surface area contributed by atoms with Crippen LogP contribution in [-0.4, -0.2) is 14.3 Å². The van der Waals surface area contributed by atoms with E-state index in [1.54, 1.807) is 19.1 Å². The number of hydrogen-bond acceptors (Lipinski definition) is 3. The third kappa shape index (κ3) is 2.75. The third-order valence-electron chi connectivity index (χ3n) is 3.48. The Morgan fingerprint density at radius 3 is 2.57 bits per heavy atom. The van der Waals surface area contributed by atoms with Gasteiger partial charge in [-0.05, 0) is 19.1 Å². The number of alkyl halides is 3. The second-order valence-corrected chi connectivity index (χ2v) is 5.07. The van der Waals surface area contributed by atoms with Crippen molar-refractivity contribution in [1.82, 2.24) is 9.38 Å². The number of nitro groups is 1. The van der Waals surface area contributed by atoms with Crippen molar-refractivity contribution in [2.75, 3.05) is 0 Å². The number of hydrogen-bond donors (Lipinski definition) is 0. The van der Waals surface area contributed by atoms with Crippen LogP contribution >= 0.6 is 0 Å². The number of rotatable bonds is 2. The number of benzene rings is 1. The molecule has 0 aliphatic rings. The molecule has 118 valence electrons. The number of halogens is 3. The van der Waals surface area contributed by atoms with E-state index < -0.39 is 16.7 Å². The van der Waals surface area contributed by atoms with E-state index in [1.165, 1.54) is 22.7 Å². The van der Waals surface area contributed by atoms with E-state index >= 15 is 0 Å². The van der Waals surface area contributed by atoms with Gasteiger partial charge in [0.05, 0.1) is 16.2 Å². The Morgan fingerprint density at radius 2 is 1.91 bits per heavy atom. The van der Waals surface area contributed by atoms with E-state index in [-0.39, 0.29) is 5.69 Å². The van der Waals surface area contributed by atoms with Crippen molar-refractivity contribution in [2.24, 2.45) is 0 Å². The fourth-order valence-electron chi connectivity index (χ4n) is 2.26. The highest BCUT2D eigenvalue weighted by atomic mass is 19.4. The van der Waals surface area contributed by atoms with Gasteiger partial charge >= 0.3 is 6.18 Å². The summed E-state index contributed by atoms with van der Waals surface area (Å²) in [7, 11) is 0. The molecule has 0 fully saturated rings. The summed E-state index contributed by atoms with van der Waals surface area (Å²) < 4.78 is 39.4. The van der Waals surface area contributed by atoms with Gasteiger partial charge in [-0.15, -0.1) is 0 Å². The molecule has 0 bridgehead atoms. The molecule has 5 nitrogen and oxygen atoms in total. The summed E-state index contributed by atoms with van der Waals surface area (Å²) in [5, 5.41) is 11.0. The van der Waals surface area contributed by atoms with E-state index in [1.807, 2.05) is 0 Å². The molecule has 3 aromatic rings. The highest BCUT2D eigenvalue weighted by Gasteiger charge is 2.30. The van der Waals surface area contributed by atoms with Crippen LogP contribution in [0, 0.1) is 17.0 Å². The van der Waals surface area contributed by atoms with Crippen LogP contribution in [0.25, 0.3) is 16.9 Å². The molecule has 0 saturated carbocycles. The summed E-state index contributed by atoms with van der Waals surface area (Å²) in [5.41, 5.74) is 0.824. The molecule has 8 heteroatoms. The second-order valence-electron chi connectivity index (χ2n) is 5.07. The molecule has 1 aromatic carbocycles. The zero-order valence-corrected chi connectivity index (χ0v) is 11.8. The molecule has 0 N–H and O–H groups in total. The van der Waals surface area contributed by atoms with Gasteiger partial charge in [-0.2, -0.15) is 13.2 Å². The molecule has 0 spiro atoms. The number of aromatic nitrogens is 2. The van der Waals surface area contributed by atoms with Gasteiger partial charge in [0.25, 0.3) is 5.69 Å². The number of nitro benzene ring substituents is 1. The zero-order valence-electron chi connectivity index (χ0n) is 11.8. The van der Waals surface area contributed by atoms with Crippen molar-refractivity contribution in [3.05, 3.63) is 64.0 Å². The molecule has 0 aliphatic carbocycles. The van der Waals surface area contributed by atoms with Crippen LogP contribution in [0.5, 0.6) is 0 Å². The maximum absolute atomic E-state index is 12.7. The lowest BCUT2D eigenvalue weighted by Crippen LogP contribution is -2.05. The van der Waals surface area contributed by atoms with Gasteiger partial charge in [-0.25, -0.2) is 4.98 Å². The highest BCUT2D eigenvalue weighted by Crippen LogP contribution is 2.30. The smallest absolute Gasteiger partial charge is 0.306 e. The lowest BCUT2D eigenvalue weighted by Gasteiger charge is -2.05. The molecule has 0 amide bonds. The van der Waals surface area contributed by atoms with E-state index in [0.29, 0.717) is 22.5 Å². The molecule has 0 unspecified atom stereocenters. The number of imidazole rings is 1. The van der Waals surface area contributed by atoms with Crippen molar-refractivity contribution >= 4 is 11.3 Å². The number of nitrogens with zero attached hydrogens (tertiary/aromatic N) is 3. The van der Waals surface area contributed by atoms with Crippen LogP contribution in [0.4, 0.5) is 18.9 Å². The topological polar surface area (TPSA) is 60.4 Å². The van der Waals surface area contributed by atoms with Gasteiger partial charge in [0.2, 0.25) is 0 Å². The Balaban J connectivity index is 2.11. The minimum atomic E-state index is -4.44. The van der Waals surface area contributed by atoms with Gasteiger partial charge in [-0.1, -0.05) is 12.1 Å². The van der Waals surface area contributed by atoms with Crippen LogP contribution in [0.2, 0.25) is 0 Å². The fourth-order valence-corrected chi connectivity index (χ4v) is 2.26. The summed E-state index contributed by atoms with van der Waals surface area (Å²) in [5.74, 6) is 0. The van der Waals surface area contributed by atoms with Gasteiger partial charge in [0, 0.05) is 29.6 Å². The Hall–Kier alpha value is -2.90. The van der Waals surface area contributed by atoms with Crippen LogP contribution in [0.1, 0.15) is 11.1 Å². The van der Waals surface area contributed by atoms with Crippen molar-refractivity contribution in [2.45, 2.75) is 13.1 Å². The van der Waals surface area contributed by atoms with Crippen LogP contribution in [-0.2, 0) is 6.18 Å². The number of fused-ring (bicyclic) bond motifs is 1. The number of pyridine rings is 1. The predicted molar refractivity (Wildman–Crippen MR) is 77.0 cm³/mol. The Morgan fingerprint density at radius 1 is 1.17 bits per heavy atom. The predicted octanol–water partition coefficient (Wildman–Crippen LogP) is 4.24. The molecule has 2 aromatic heterocycles. The first-order chi connectivity index (χ1) is 10.8. The van der Waals surface area contributed by atoms with Gasteiger partial charge in [0.1, 0.15) is 5.65 Å². The van der Waals surface area contributed by atoms with Gasteiger partial charge in [0.15, 0.2) is 0 Å². The van der Waals surface area contributed by atoms with Crippen molar-refractivity contribution in [1.29, 1.82) is 0 Å². The standard InChI is InChI=1S/C15H10F3N3O2/c1-9-2-3-10(6-13(9)21(22)23)12-8-20-7-11(15(16,17)18)4-5-14(20)19-12/h2-8H,1H3. The minimum Gasteiger partial charge on any atom is -0.306 e. The SMILES string of the molecule is Cc1ccc(-c2cn3cc(C(F)(F)F)ccc3n2)cc1[N+](=O)[O-]. The highest BCUT2D eigenvalue weighted by molar-refractivity contribution is 5.66. The number of aryl methyl sites for hydroxylation is 1. The van der Waals surface area contributed by atoms with Crippen LogP contribution in [0.3, 0.4) is 0 Å². The molecular formula is C15H10F3N3O2. The Labute approximate surface area is 128 Å². The first-order valence-corrected chi connectivity index (χ1v) is 6.57. The second kappa shape index (κ2) is 5.08. The third-order valence-corrected chi connectivity index (χ3v) is 3.48. The lowest BCUT2D eigenvalue weighted by atomic mass is 10.1. The minimum absolute atomic E-state index is 0.0597. The van der Waals surface area contributed by atoms with E-state index in [9.17, 15) is 23.3 Å². The molecule has 2 heterocycles. The largest absolute Gasteiger partial charge is 0.417 e. The summed E-state index contributed by atoms with van der Waals surface area (Å²) in [6.45, 7) is 1.61. The molecule has 0 atom stereocenters. The van der Waals surface area contributed by atoms with Crippen LogP contribution in [0.15, 0.2) is 42.7 Å². The molecule has 0 radical (unpaired) electrons. The van der Waals surface area contributed by atoms with E-state index in [2.05, 4.69) is 4.98 Å². The first kappa shape index (κ1) is 15.0. The first-order valence-electron chi connectivity index (χ1n) is 6.57. The van der Waals surface area contributed by atoms with E-state index in [0.717, 1.165) is 12.3 Å². The molecule has 0 aliphatic heterocycles. The van der Waals surface area contributed by atoms with E-state index in [4.69, 9.17) is 0 Å². The quantitative estimate of drug-likeness (QED) is 0.524. The molecule has 3 rings (SSSR count). The average molecular weight is 321 g/mol. The maximum Gasteiger partial charge on any atom is 0.417 e. The summed E-state index contributed by atoms with van der Waals surface area (Å²) in [6.07, 6.45) is -2.09. The summed E-state index contributed by atoms with van der Waals surface area (Å²) in [4.78, 5) is 14.7. The van der Waals surface area contributed by atoms with Crippen molar-refractivity contribution < 1.29 is 18.1 Å².